The van der Waals surface area contributed by atoms with E-state index in [9.17, 15) is 4.79 Å². The molecule has 0 aliphatic heterocycles. The fourth-order valence-electron chi connectivity index (χ4n) is 1.37. The van der Waals surface area contributed by atoms with Crippen LogP contribution in [0.5, 0.6) is 0 Å². The van der Waals surface area contributed by atoms with E-state index in [0.29, 0.717) is 11.5 Å². The molecule has 1 rings (SSSR count). The van der Waals surface area contributed by atoms with Gasteiger partial charge in [0.2, 0.25) is 5.91 Å². The van der Waals surface area contributed by atoms with Crippen molar-refractivity contribution in [3.05, 3.63) is 35.9 Å². The van der Waals surface area contributed by atoms with Gasteiger partial charge in [-0.1, -0.05) is 43.7 Å². The molecule has 2 N–H and O–H groups in total. The summed E-state index contributed by atoms with van der Waals surface area (Å²) in [5, 5.41) is 6.08. The maximum atomic E-state index is 11.6. The van der Waals surface area contributed by atoms with E-state index in [4.69, 9.17) is 12.2 Å². The van der Waals surface area contributed by atoms with Crippen molar-refractivity contribution < 1.29 is 4.79 Å². The van der Waals surface area contributed by atoms with E-state index in [1.807, 2.05) is 30.3 Å². The van der Waals surface area contributed by atoms with Gasteiger partial charge in [0.25, 0.3) is 0 Å². The molecular formula is C13H18N2OS. The number of nitrogens with one attached hydrogen (secondary N) is 2. The van der Waals surface area contributed by atoms with E-state index in [-0.39, 0.29) is 5.91 Å². The number of unbranched alkanes of at least 4 members (excludes halogenated alkanes) is 1. The summed E-state index contributed by atoms with van der Waals surface area (Å²) in [4.78, 5) is 11.6. The number of amides is 1. The van der Waals surface area contributed by atoms with E-state index in [1.165, 1.54) is 0 Å². The molecule has 3 nitrogen and oxygen atoms in total. The molecule has 0 radical (unpaired) electrons. The van der Waals surface area contributed by atoms with Crippen LogP contribution in [-0.2, 0) is 11.2 Å². The maximum Gasteiger partial charge on any atom is 0.230 e. The summed E-state index contributed by atoms with van der Waals surface area (Å²) in [6.45, 7) is 2.92. The zero-order chi connectivity index (χ0) is 12.5. The molecule has 0 aliphatic carbocycles. The van der Waals surface area contributed by atoms with Gasteiger partial charge in [0.15, 0.2) is 5.11 Å². The van der Waals surface area contributed by atoms with Gasteiger partial charge in [-0.2, -0.15) is 0 Å². The fraction of sp³-hybridized carbons (Fsp3) is 0.385. The predicted molar refractivity (Wildman–Crippen MR) is 73.8 cm³/mol. The van der Waals surface area contributed by atoms with Crippen molar-refractivity contribution in [2.45, 2.75) is 26.2 Å². The molecule has 0 atom stereocenters. The molecule has 92 valence electrons. The third-order valence-corrected chi connectivity index (χ3v) is 2.52. The first kappa shape index (κ1) is 13.6. The lowest BCUT2D eigenvalue weighted by Gasteiger charge is -2.08. The summed E-state index contributed by atoms with van der Waals surface area (Å²) in [7, 11) is 0. The van der Waals surface area contributed by atoms with Crippen molar-refractivity contribution in [1.82, 2.24) is 10.6 Å². The Morgan fingerprint density at radius 1 is 1.29 bits per heavy atom. The lowest BCUT2D eigenvalue weighted by molar-refractivity contribution is -0.119. The SMILES string of the molecule is CCCCNC(=S)NC(=O)Cc1ccccc1. The first-order valence-electron chi connectivity index (χ1n) is 5.84. The zero-order valence-corrected chi connectivity index (χ0v) is 10.8. The van der Waals surface area contributed by atoms with E-state index < -0.39 is 0 Å². The lowest BCUT2D eigenvalue weighted by atomic mass is 10.1. The van der Waals surface area contributed by atoms with Crippen LogP contribution in [0, 0.1) is 0 Å². The van der Waals surface area contributed by atoms with Crippen LogP contribution >= 0.6 is 12.2 Å². The zero-order valence-electron chi connectivity index (χ0n) is 10.0. The van der Waals surface area contributed by atoms with Gasteiger partial charge < -0.3 is 10.6 Å². The maximum absolute atomic E-state index is 11.6. The number of hydrogen-bond donors (Lipinski definition) is 2. The molecule has 0 saturated heterocycles. The average molecular weight is 250 g/mol. The third kappa shape index (κ3) is 6.02. The van der Waals surface area contributed by atoms with Crippen molar-refractivity contribution in [3.8, 4) is 0 Å². The summed E-state index contributed by atoms with van der Waals surface area (Å²) in [6.07, 6.45) is 2.51. The van der Waals surface area contributed by atoms with Crippen LogP contribution in [-0.4, -0.2) is 17.6 Å². The average Bonchev–Trinajstić information content (AvgIpc) is 2.30. The van der Waals surface area contributed by atoms with Gasteiger partial charge >= 0.3 is 0 Å². The molecule has 0 bridgehead atoms. The molecular weight excluding hydrogens is 232 g/mol. The van der Waals surface area contributed by atoms with Crippen molar-refractivity contribution in [1.29, 1.82) is 0 Å². The number of carbonyl (C=O) groups is 1. The molecule has 0 unspecified atom stereocenters. The summed E-state index contributed by atoms with van der Waals surface area (Å²) in [6, 6.07) is 9.61. The highest BCUT2D eigenvalue weighted by Gasteiger charge is 2.04. The van der Waals surface area contributed by atoms with Gasteiger partial charge in [-0.3, -0.25) is 4.79 Å². The van der Waals surface area contributed by atoms with Gasteiger partial charge in [0, 0.05) is 6.54 Å². The number of thiocarbonyl (C=S) groups is 1. The van der Waals surface area contributed by atoms with E-state index in [2.05, 4.69) is 17.6 Å². The van der Waals surface area contributed by atoms with E-state index >= 15 is 0 Å². The highest BCUT2D eigenvalue weighted by atomic mass is 32.1. The van der Waals surface area contributed by atoms with Crippen LogP contribution in [0.15, 0.2) is 30.3 Å². The van der Waals surface area contributed by atoms with Crippen molar-refractivity contribution >= 4 is 23.2 Å². The van der Waals surface area contributed by atoms with Gasteiger partial charge in [0.05, 0.1) is 6.42 Å². The summed E-state index contributed by atoms with van der Waals surface area (Å²) in [5.41, 5.74) is 0.987. The van der Waals surface area contributed by atoms with Crippen LogP contribution in [0.3, 0.4) is 0 Å². The van der Waals surface area contributed by atoms with Crippen molar-refractivity contribution in [2.24, 2.45) is 0 Å². The Morgan fingerprint density at radius 2 is 2.00 bits per heavy atom. The second kappa shape index (κ2) is 7.79. The van der Waals surface area contributed by atoms with Crippen LogP contribution in [0.4, 0.5) is 0 Å². The Hall–Kier alpha value is -1.42. The monoisotopic (exact) mass is 250 g/mol. The van der Waals surface area contributed by atoms with Crippen molar-refractivity contribution in [3.63, 3.8) is 0 Å². The van der Waals surface area contributed by atoms with Gasteiger partial charge in [-0.15, -0.1) is 0 Å². The lowest BCUT2D eigenvalue weighted by Crippen LogP contribution is -2.40. The highest BCUT2D eigenvalue weighted by Crippen LogP contribution is 1.98. The second-order valence-electron chi connectivity index (χ2n) is 3.82. The minimum atomic E-state index is -0.0785. The molecule has 0 spiro atoms. The van der Waals surface area contributed by atoms with Gasteiger partial charge in [-0.25, -0.2) is 0 Å². The molecule has 4 heteroatoms. The normalized spacial score (nSPS) is 9.71. The molecule has 1 aromatic carbocycles. The number of carbonyl (C=O) groups excluding carboxylic acids is 1. The Morgan fingerprint density at radius 3 is 2.65 bits per heavy atom. The molecule has 17 heavy (non-hydrogen) atoms. The minimum Gasteiger partial charge on any atom is -0.362 e. The van der Waals surface area contributed by atoms with E-state index in [0.717, 1.165) is 24.9 Å². The quantitative estimate of drug-likeness (QED) is 0.620. The Kier molecular flexibility index (Phi) is 6.25. The summed E-state index contributed by atoms with van der Waals surface area (Å²) >= 11 is 5.02. The Bertz CT molecular complexity index is 365. The first-order valence-corrected chi connectivity index (χ1v) is 6.24. The Balaban J connectivity index is 2.27. The number of rotatable bonds is 5. The molecule has 0 aromatic heterocycles. The van der Waals surface area contributed by atoms with Crippen molar-refractivity contribution in [2.75, 3.05) is 6.54 Å². The Labute approximate surface area is 108 Å². The van der Waals surface area contributed by atoms with Crippen LogP contribution in [0.2, 0.25) is 0 Å². The van der Waals surface area contributed by atoms with E-state index in [1.54, 1.807) is 0 Å². The largest absolute Gasteiger partial charge is 0.362 e. The molecule has 0 heterocycles. The predicted octanol–water partition coefficient (Wildman–Crippen LogP) is 2.02. The van der Waals surface area contributed by atoms with Gasteiger partial charge in [0.1, 0.15) is 0 Å². The smallest absolute Gasteiger partial charge is 0.230 e. The minimum absolute atomic E-state index is 0.0785. The highest BCUT2D eigenvalue weighted by molar-refractivity contribution is 7.80. The van der Waals surface area contributed by atoms with Crippen LogP contribution in [0.1, 0.15) is 25.3 Å². The van der Waals surface area contributed by atoms with Crippen LogP contribution in [0.25, 0.3) is 0 Å². The summed E-state index contributed by atoms with van der Waals surface area (Å²) < 4.78 is 0. The molecule has 0 saturated carbocycles. The number of benzene rings is 1. The number of hydrogen-bond acceptors (Lipinski definition) is 2. The topological polar surface area (TPSA) is 41.1 Å². The van der Waals surface area contributed by atoms with Crippen LogP contribution < -0.4 is 10.6 Å². The molecule has 0 fully saturated rings. The standard InChI is InChI=1S/C13H18N2OS/c1-2-3-9-14-13(17)15-12(16)10-11-7-5-4-6-8-11/h4-8H,2-3,9-10H2,1H3,(H2,14,15,16,17). The molecule has 1 aromatic rings. The molecule has 0 aliphatic rings. The third-order valence-electron chi connectivity index (χ3n) is 2.28. The van der Waals surface area contributed by atoms with Gasteiger partial charge in [-0.05, 0) is 24.2 Å². The molecule has 1 amide bonds. The second-order valence-corrected chi connectivity index (χ2v) is 4.23. The summed E-state index contributed by atoms with van der Waals surface area (Å²) in [5.74, 6) is -0.0785. The first-order chi connectivity index (χ1) is 8.22. The fourth-order valence-corrected chi connectivity index (χ4v) is 1.59.